The minimum Gasteiger partial charge on any atom is -0.298 e. The van der Waals surface area contributed by atoms with Gasteiger partial charge < -0.3 is 0 Å². The fraction of sp³-hybridized carbons (Fsp3) is 0.0909. The lowest BCUT2D eigenvalue weighted by molar-refractivity contribution is -0.384. The Morgan fingerprint density at radius 1 is 1.30 bits per heavy atom. The maximum atomic E-state index is 12.7. The zero-order valence-electron chi connectivity index (χ0n) is 9.66. The van der Waals surface area contributed by atoms with E-state index in [1.54, 1.807) is 0 Å². The highest BCUT2D eigenvalue weighted by Gasteiger charge is 2.37. The second-order valence-electron chi connectivity index (χ2n) is 3.74. The molecule has 0 saturated carbocycles. The van der Waals surface area contributed by atoms with E-state index in [-0.39, 0.29) is 12.0 Å². The second-order valence-corrected chi connectivity index (χ2v) is 3.74. The van der Waals surface area contributed by atoms with Gasteiger partial charge in [-0.25, -0.2) is 4.68 Å². The average Bonchev–Trinajstić information content (AvgIpc) is 2.82. The highest BCUT2D eigenvalue weighted by molar-refractivity contribution is 5.76. The van der Waals surface area contributed by atoms with Gasteiger partial charge in [-0.15, -0.1) is 0 Å². The molecule has 0 saturated heterocycles. The van der Waals surface area contributed by atoms with Crippen LogP contribution in [0.4, 0.5) is 18.9 Å². The monoisotopic (exact) mass is 285 g/mol. The predicted octanol–water partition coefficient (Wildman–Crippen LogP) is 2.61. The van der Waals surface area contributed by atoms with Crippen LogP contribution in [0.1, 0.15) is 16.1 Å². The number of carbonyl (C=O) groups excluding carboxylic acids is 1. The first-order valence-electron chi connectivity index (χ1n) is 5.20. The summed E-state index contributed by atoms with van der Waals surface area (Å²) in [5, 5.41) is 14.0. The Morgan fingerprint density at radius 2 is 1.95 bits per heavy atom. The summed E-state index contributed by atoms with van der Waals surface area (Å²) in [6.07, 6.45) is -4.01. The summed E-state index contributed by atoms with van der Waals surface area (Å²) in [6.45, 7) is 0. The van der Waals surface area contributed by atoms with E-state index in [4.69, 9.17) is 0 Å². The van der Waals surface area contributed by atoms with Crippen LogP contribution in [0.25, 0.3) is 5.69 Å². The first kappa shape index (κ1) is 13.7. The molecule has 0 atom stereocenters. The van der Waals surface area contributed by atoms with Gasteiger partial charge in [0.2, 0.25) is 0 Å². The van der Waals surface area contributed by atoms with Gasteiger partial charge in [-0.05, 0) is 6.07 Å². The van der Waals surface area contributed by atoms with E-state index in [0.29, 0.717) is 4.68 Å². The highest BCUT2D eigenvalue weighted by Crippen LogP contribution is 2.31. The van der Waals surface area contributed by atoms with Gasteiger partial charge in [0.05, 0.1) is 10.5 Å². The van der Waals surface area contributed by atoms with Crippen LogP contribution < -0.4 is 0 Å². The van der Waals surface area contributed by atoms with Crippen molar-refractivity contribution in [2.75, 3.05) is 0 Å². The van der Waals surface area contributed by atoms with Gasteiger partial charge >= 0.3 is 6.18 Å². The van der Waals surface area contributed by atoms with Crippen molar-refractivity contribution >= 4 is 12.0 Å². The third-order valence-corrected chi connectivity index (χ3v) is 2.46. The van der Waals surface area contributed by atoms with Crippen LogP contribution in [0.3, 0.4) is 0 Å². The number of hydrogen-bond acceptors (Lipinski definition) is 4. The summed E-state index contributed by atoms with van der Waals surface area (Å²) in [4.78, 5) is 20.7. The van der Waals surface area contributed by atoms with Crippen molar-refractivity contribution in [3.05, 3.63) is 51.8 Å². The Bertz CT molecular complexity index is 679. The van der Waals surface area contributed by atoms with Crippen LogP contribution in [0.5, 0.6) is 0 Å². The Kier molecular flexibility index (Phi) is 3.26. The lowest BCUT2D eigenvalue weighted by Gasteiger charge is -2.03. The number of carbonyl (C=O) groups is 1. The first-order valence-corrected chi connectivity index (χ1v) is 5.20. The standard InChI is InChI=1S/C11H6F3N3O3/c12-11(13,14)10-7(6-18)5-16(15-10)8-3-1-2-4-9(8)17(19)20/h1-6H. The lowest BCUT2D eigenvalue weighted by Crippen LogP contribution is -2.09. The molecule has 9 heteroatoms. The van der Waals surface area contributed by atoms with Crippen molar-refractivity contribution in [3.63, 3.8) is 0 Å². The van der Waals surface area contributed by atoms with E-state index in [1.165, 1.54) is 18.2 Å². The van der Waals surface area contributed by atoms with Gasteiger partial charge in [-0.1, -0.05) is 12.1 Å². The molecule has 0 aliphatic heterocycles. The fourth-order valence-electron chi connectivity index (χ4n) is 1.63. The summed E-state index contributed by atoms with van der Waals surface area (Å²) in [6, 6.07) is 5.15. The number of rotatable bonds is 3. The molecule has 1 aromatic heterocycles. The lowest BCUT2D eigenvalue weighted by atomic mass is 10.2. The highest BCUT2D eigenvalue weighted by atomic mass is 19.4. The normalized spacial score (nSPS) is 11.3. The van der Waals surface area contributed by atoms with Crippen molar-refractivity contribution in [1.29, 1.82) is 0 Å². The molecule has 0 N–H and O–H groups in total. The summed E-state index contributed by atoms with van der Waals surface area (Å²) < 4.78 is 38.6. The maximum Gasteiger partial charge on any atom is 0.435 e. The number of halogens is 3. The maximum absolute atomic E-state index is 12.7. The third kappa shape index (κ3) is 2.37. The molecule has 0 spiro atoms. The van der Waals surface area contributed by atoms with Gasteiger partial charge in [0.1, 0.15) is 5.69 Å². The number of nitro benzene ring substituents is 1. The number of alkyl halides is 3. The Labute approximate surface area is 109 Å². The van der Waals surface area contributed by atoms with E-state index in [1.807, 2.05) is 0 Å². The molecule has 1 heterocycles. The average molecular weight is 285 g/mol. The minimum atomic E-state index is -4.81. The van der Waals surface area contributed by atoms with Crippen LogP contribution in [0.2, 0.25) is 0 Å². The molecule has 0 amide bonds. The zero-order chi connectivity index (χ0) is 14.9. The number of aldehydes is 1. The SMILES string of the molecule is O=Cc1cn(-c2ccccc2[N+](=O)[O-])nc1C(F)(F)F. The summed E-state index contributed by atoms with van der Waals surface area (Å²) in [5.74, 6) is 0. The van der Waals surface area contributed by atoms with Gasteiger partial charge in [-0.2, -0.15) is 18.3 Å². The Hall–Kier alpha value is -2.71. The quantitative estimate of drug-likeness (QED) is 0.493. The molecule has 0 radical (unpaired) electrons. The minimum absolute atomic E-state index is 0.00109. The number of nitro groups is 1. The molecule has 0 aliphatic rings. The Balaban J connectivity index is 2.63. The number of benzene rings is 1. The zero-order valence-corrected chi connectivity index (χ0v) is 9.66. The molecule has 1 aromatic carbocycles. The Morgan fingerprint density at radius 3 is 2.45 bits per heavy atom. The predicted molar refractivity (Wildman–Crippen MR) is 60.6 cm³/mol. The topological polar surface area (TPSA) is 78.0 Å². The van der Waals surface area contributed by atoms with Crippen molar-refractivity contribution in [1.82, 2.24) is 9.78 Å². The van der Waals surface area contributed by atoms with Gasteiger partial charge in [0.15, 0.2) is 12.0 Å². The van der Waals surface area contributed by atoms with E-state index >= 15 is 0 Å². The third-order valence-electron chi connectivity index (χ3n) is 2.46. The number of hydrogen-bond donors (Lipinski definition) is 0. The van der Waals surface area contributed by atoms with Crippen LogP contribution in [0.15, 0.2) is 30.5 Å². The van der Waals surface area contributed by atoms with Crippen LogP contribution in [-0.2, 0) is 6.18 Å². The summed E-state index contributed by atoms with van der Waals surface area (Å²) in [7, 11) is 0. The van der Waals surface area contributed by atoms with Crippen LogP contribution >= 0.6 is 0 Å². The largest absolute Gasteiger partial charge is 0.435 e. The van der Waals surface area contributed by atoms with Crippen molar-refractivity contribution in [2.45, 2.75) is 6.18 Å². The molecule has 104 valence electrons. The molecule has 2 rings (SSSR count). The molecular formula is C11H6F3N3O3. The van der Waals surface area contributed by atoms with Gasteiger partial charge in [0.25, 0.3) is 5.69 Å². The fourth-order valence-corrected chi connectivity index (χ4v) is 1.63. The second kappa shape index (κ2) is 4.76. The van der Waals surface area contributed by atoms with E-state index < -0.39 is 28.0 Å². The van der Waals surface area contributed by atoms with Crippen LogP contribution in [0, 0.1) is 10.1 Å². The van der Waals surface area contributed by atoms with E-state index in [9.17, 15) is 28.1 Å². The molecule has 0 aliphatic carbocycles. The van der Waals surface area contributed by atoms with E-state index in [0.717, 1.165) is 12.3 Å². The smallest absolute Gasteiger partial charge is 0.298 e. The molecular weight excluding hydrogens is 279 g/mol. The van der Waals surface area contributed by atoms with Gasteiger partial charge in [-0.3, -0.25) is 14.9 Å². The molecule has 2 aromatic rings. The van der Waals surface area contributed by atoms with Gasteiger partial charge in [0, 0.05) is 12.3 Å². The molecule has 20 heavy (non-hydrogen) atoms. The molecule has 6 nitrogen and oxygen atoms in total. The summed E-state index contributed by atoms with van der Waals surface area (Å²) in [5.41, 5.74) is -2.64. The number of nitrogens with zero attached hydrogens (tertiary/aromatic N) is 3. The molecule has 0 bridgehead atoms. The van der Waals surface area contributed by atoms with E-state index in [2.05, 4.69) is 5.10 Å². The van der Waals surface area contributed by atoms with Crippen molar-refractivity contribution < 1.29 is 22.9 Å². The molecule has 0 fully saturated rings. The van der Waals surface area contributed by atoms with Crippen LogP contribution in [-0.4, -0.2) is 21.0 Å². The molecule has 0 unspecified atom stereocenters. The number of para-hydroxylation sites is 2. The van der Waals surface area contributed by atoms with Crippen molar-refractivity contribution in [2.24, 2.45) is 0 Å². The number of aromatic nitrogens is 2. The van der Waals surface area contributed by atoms with Crippen molar-refractivity contribution in [3.8, 4) is 5.69 Å². The first-order chi connectivity index (χ1) is 9.34. The summed E-state index contributed by atoms with van der Waals surface area (Å²) >= 11 is 0.